The highest BCUT2D eigenvalue weighted by Gasteiger charge is 2.35. The maximum Gasteiger partial charge on any atom is 0.433 e. The van der Waals surface area contributed by atoms with Crippen LogP contribution >= 0.6 is 40.5 Å². The van der Waals surface area contributed by atoms with Gasteiger partial charge in [-0.05, 0) is 56.7 Å². The molecule has 2 aromatic carbocycles. The topological polar surface area (TPSA) is 112 Å². The molecule has 0 aliphatic carbocycles. The lowest BCUT2D eigenvalue weighted by molar-refractivity contribution is -0.384. The SMILES string of the molecule is CCOP(OCC)OCC.FC(F)(F)c1cc2[nH]c3cc(Br)ccc3c2cn1.O=[N+]([O-])c1cc(C(F)(F)F)ncc1-c1ccc(Br)cc1. The minimum absolute atomic E-state index is 0.0375. The first-order valence-corrected chi connectivity index (χ1v) is 16.6. The molecule has 258 valence electrons. The first-order chi connectivity index (χ1) is 22.6. The molecule has 0 aliphatic rings. The van der Waals surface area contributed by atoms with Crippen LogP contribution in [0.25, 0.3) is 32.9 Å². The number of nitrogens with one attached hydrogen (secondary N) is 1. The van der Waals surface area contributed by atoms with Crippen molar-refractivity contribution in [1.82, 2.24) is 15.0 Å². The molecule has 3 heterocycles. The standard InChI is InChI=1S/C12H6BrF3N2O2.C12H6BrF3N2.C6H15O3P/c13-8-3-1-7(2-4-8)9-6-17-11(12(14,15)16)5-10(9)18(19)20;13-6-1-2-7-8-5-17-11(12(14,15)16)4-10(8)18-9(7)3-6;1-4-7-10(8-5-2)9-6-3/h1-6H;1-5,18H;4-6H2,1-3H3. The summed E-state index contributed by atoms with van der Waals surface area (Å²) in [6.45, 7) is 7.71. The average molecular weight is 828 g/mol. The molecule has 3 aromatic heterocycles. The quantitative estimate of drug-likeness (QED) is 0.0717. The van der Waals surface area contributed by atoms with Crippen molar-refractivity contribution in [1.29, 1.82) is 0 Å². The number of fused-ring (bicyclic) bond motifs is 3. The highest BCUT2D eigenvalue weighted by atomic mass is 79.9. The zero-order chi connectivity index (χ0) is 35.6. The Morgan fingerprint density at radius 2 is 1.25 bits per heavy atom. The van der Waals surface area contributed by atoms with Crippen LogP contribution in [0.3, 0.4) is 0 Å². The summed E-state index contributed by atoms with van der Waals surface area (Å²) in [5.41, 5.74) is -1.14. The molecule has 0 unspecified atom stereocenters. The number of benzene rings is 2. The van der Waals surface area contributed by atoms with Crippen LogP contribution in [-0.2, 0) is 25.9 Å². The second kappa shape index (κ2) is 17.4. The summed E-state index contributed by atoms with van der Waals surface area (Å²) in [5, 5.41) is 12.5. The Morgan fingerprint density at radius 1 is 0.750 bits per heavy atom. The number of pyridine rings is 2. The van der Waals surface area contributed by atoms with Gasteiger partial charge in [-0.15, -0.1) is 0 Å². The summed E-state index contributed by atoms with van der Waals surface area (Å²) in [5.74, 6) is 0. The van der Waals surface area contributed by atoms with Crippen LogP contribution in [0.15, 0.2) is 75.9 Å². The van der Waals surface area contributed by atoms with E-state index in [1.54, 1.807) is 24.3 Å². The number of aromatic amines is 1. The number of rotatable bonds is 8. The van der Waals surface area contributed by atoms with E-state index in [-0.39, 0.29) is 5.56 Å². The van der Waals surface area contributed by atoms with Gasteiger partial charge in [0.15, 0.2) is 5.69 Å². The molecule has 9 nitrogen and oxygen atoms in total. The lowest BCUT2D eigenvalue weighted by Crippen LogP contribution is -2.09. The Hall–Kier alpha value is -3.21. The van der Waals surface area contributed by atoms with Crippen LogP contribution in [0, 0.1) is 10.1 Å². The largest absolute Gasteiger partial charge is 0.433 e. The van der Waals surface area contributed by atoms with Crippen molar-refractivity contribution in [2.24, 2.45) is 0 Å². The number of nitrogens with zero attached hydrogens (tertiary/aromatic N) is 3. The summed E-state index contributed by atoms with van der Waals surface area (Å²) in [4.78, 5) is 19.8. The summed E-state index contributed by atoms with van der Waals surface area (Å²) >= 11 is 6.53. The van der Waals surface area contributed by atoms with Gasteiger partial charge >= 0.3 is 21.0 Å². The number of halogens is 8. The third kappa shape index (κ3) is 10.9. The maximum absolute atomic E-state index is 12.6. The summed E-state index contributed by atoms with van der Waals surface area (Å²) < 4.78 is 92.3. The van der Waals surface area contributed by atoms with E-state index in [2.05, 4.69) is 46.8 Å². The van der Waals surface area contributed by atoms with Gasteiger partial charge in [-0.25, -0.2) is 0 Å². The second-order valence-corrected chi connectivity index (χ2v) is 12.3. The molecule has 0 saturated heterocycles. The highest BCUT2D eigenvalue weighted by molar-refractivity contribution is 9.10. The molecular formula is C30H27Br2F6N4O5P. The molecule has 1 N–H and O–H groups in total. The zero-order valence-corrected chi connectivity index (χ0v) is 29.4. The normalized spacial score (nSPS) is 11.7. The molecule has 0 bridgehead atoms. The summed E-state index contributed by atoms with van der Waals surface area (Å²) in [7, 11) is -1.06. The zero-order valence-electron chi connectivity index (χ0n) is 25.3. The average Bonchev–Trinajstić information content (AvgIpc) is 3.38. The number of aromatic nitrogens is 3. The third-order valence-corrected chi connectivity index (χ3v) is 8.39. The van der Waals surface area contributed by atoms with E-state index in [9.17, 15) is 36.5 Å². The molecule has 0 spiro atoms. The number of nitro groups is 1. The lowest BCUT2D eigenvalue weighted by Gasteiger charge is -2.12. The first kappa shape index (κ1) is 39.2. The fraction of sp³-hybridized carbons (Fsp3) is 0.267. The predicted octanol–water partition coefficient (Wildman–Crippen LogP) is 11.3. The Labute approximate surface area is 288 Å². The Kier molecular flexibility index (Phi) is 14.3. The monoisotopic (exact) mass is 826 g/mol. The van der Waals surface area contributed by atoms with Gasteiger partial charge in [-0.3, -0.25) is 20.1 Å². The van der Waals surface area contributed by atoms with E-state index in [1.807, 2.05) is 39.0 Å². The highest BCUT2D eigenvalue weighted by Crippen LogP contribution is 2.39. The second-order valence-electron chi connectivity index (χ2n) is 9.25. The molecule has 5 aromatic rings. The molecule has 48 heavy (non-hydrogen) atoms. The fourth-order valence-electron chi connectivity index (χ4n) is 3.96. The minimum Gasteiger partial charge on any atom is -0.354 e. The van der Waals surface area contributed by atoms with Crippen LogP contribution in [0.2, 0.25) is 0 Å². The van der Waals surface area contributed by atoms with Crippen molar-refractivity contribution in [3.05, 3.63) is 97.4 Å². The van der Waals surface area contributed by atoms with E-state index in [0.717, 1.165) is 32.1 Å². The molecule has 0 aliphatic heterocycles. The molecule has 0 saturated carbocycles. The fourth-order valence-corrected chi connectivity index (χ4v) is 5.44. The van der Waals surface area contributed by atoms with Crippen molar-refractivity contribution < 1.29 is 44.8 Å². The number of hydrogen-bond donors (Lipinski definition) is 1. The Morgan fingerprint density at radius 3 is 1.77 bits per heavy atom. The summed E-state index contributed by atoms with van der Waals surface area (Å²) in [6.07, 6.45) is -7.02. The van der Waals surface area contributed by atoms with Gasteiger partial charge in [0.2, 0.25) is 0 Å². The van der Waals surface area contributed by atoms with Crippen LogP contribution in [0.4, 0.5) is 32.0 Å². The van der Waals surface area contributed by atoms with Crippen LogP contribution in [-0.4, -0.2) is 39.7 Å². The molecule has 0 radical (unpaired) electrons. The Balaban J connectivity index is 0.000000207. The van der Waals surface area contributed by atoms with Gasteiger partial charge in [0.25, 0.3) is 5.69 Å². The molecule has 0 amide bonds. The van der Waals surface area contributed by atoms with Gasteiger partial charge in [0.05, 0.1) is 35.8 Å². The molecular weight excluding hydrogens is 801 g/mol. The van der Waals surface area contributed by atoms with Crippen molar-refractivity contribution in [2.45, 2.75) is 33.1 Å². The number of H-pyrrole nitrogens is 1. The van der Waals surface area contributed by atoms with E-state index in [4.69, 9.17) is 13.6 Å². The van der Waals surface area contributed by atoms with Gasteiger partial charge in [-0.1, -0.05) is 50.1 Å². The van der Waals surface area contributed by atoms with Crippen molar-refractivity contribution in [2.75, 3.05) is 19.8 Å². The van der Waals surface area contributed by atoms with E-state index >= 15 is 0 Å². The third-order valence-electron chi connectivity index (χ3n) is 5.96. The van der Waals surface area contributed by atoms with Crippen LogP contribution < -0.4 is 0 Å². The van der Waals surface area contributed by atoms with Crippen LogP contribution in [0.5, 0.6) is 0 Å². The Bertz CT molecular complexity index is 1810. The van der Waals surface area contributed by atoms with Gasteiger partial charge < -0.3 is 18.6 Å². The lowest BCUT2D eigenvalue weighted by atomic mass is 10.1. The summed E-state index contributed by atoms with van der Waals surface area (Å²) in [6, 6.07) is 13.4. The van der Waals surface area contributed by atoms with Crippen LogP contribution in [0.1, 0.15) is 32.2 Å². The van der Waals surface area contributed by atoms with Gasteiger partial charge in [0.1, 0.15) is 5.69 Å². The first-order valence-electron chi connectivity index (χ1n) is 13.9. The minimum atomic E-state index is -4.72. The number of alkyl halides is 6. The van der Waals surface area contributed by atoms with Crippen molar-refractivity contribution in [3.8, 4) is 11.1 Å². The molecule has 0 fully saturated rings. The van der Waals surface area contributed by atoms with Crippen molar-refractivity contribution >= 4 is 68.0 Å². The van der Waals surface area contributed by atoms with E-state index in [1.165, 1.54) is 6.20 Å². The van der Waals surface area contributed by atoms with Crippen molar-refractivity contribution in [3.63, 3.8) is 0 Å². The van der Waals surface area contributed by atoms with E-state index in [0.29, 0.717) is 42.4 Å². The van der Waals surface area contributed by atoms with Gasteiger partial charge in [-0.2, -0.15) is 26.3 Å². The number of hydrogen-bond acceptors (Lipinski definition) is 7. The smallest absolute Gasteiger partial charge is 0.354 e. The molecule has 18 heteroatoms. The van der Waals surface area contributed by atoms with E-state index < -0.39 is 43.0 Å². The predicted molar refractivity (Wildman–Crippen MR) is 177 cm³/mol. The maximum atomic E-state index is 12.6. The molecule has 0 atom stereocenters. The van der Waals surface area contributed by atoms with Gasteiger partial charge in [0, 0.05) is 43.7 Å². The molecule has 5 rings (SSSR count).